The first-order valence-electron chi connectivity index (χ1n) is 10.8. The van der Waals surface area contributed by atoms with E-state index in [1.807, 2.05) is 20.8 Å². The van der Waals surface area contributed by atoms with Crippen LogP contribution >= 0.6 is 0 Å². The Kier molecular flexibility index (Phi) is 4.81. The third-order valence-electron chi connectivity index (χ3n) is 5.89. The molecule has 0 radical (unpaired) electrons. The highest BCUT2D eigenvalue weighted by Crippen LogP contribution is 2.54. The number of likely N-dealkylation sites (N-methyl/N-ethyl adjacent to an activating group) is 1. The lowest BCUT2D eigenvalue weighted by Gasteiger charge is -2.13. The molecule has 0 unspecified atom stereocenters. The minimum atomic E-state index is 0.347. The molecule has 0 N–H and O–H groups in total. The zero-order valence-electron chi connectivity index (χ0n) is 18.7. The molecule has 4 aromatic rings. The third kappa shape index (κ3) is 3.72. The highest BCUT2D eigenvalue weighted by atomic mass is 15.4. The Hall–Kier alpha value is -3.13. The summed E-state index contributed by atoms with van der Waals surface area (Å²) in [5.74, 6) is 5.00. The second-order valence-corrected chi connectivity index (χ2v) is 8.68. The van der Waals surface area contributed by atoms with E-state index in [0.29, 0.717) is 11.8 Å². The van der Waals surface area contributed by atoms with E-state index in [-0.39, 0.29) is 0 Å². The van der Waals surface area contributed by atoms with Crippen LogP contribution in [-0.4, -0.2) is 59.8 Å². The molecule has 2 atom stereocenters. The number of benzene rings is 1. The highest BCUT2D eigenvalue weighted by Gasteiger charge is 2.44. The van der Waals surface area contributed by atoms with Crippen molar-refractivity contribution in [1.82, 2.24) is 39.2 Å². The lowest BCUT2D eigenvalue weighted by atomic mass is 10.2. The van der Waals surface area contributed by atoms with E-state index in [0.717, 1.165) is 54.0 Å². The molecule has 160 valence electrons. The van der Waals surface area contributed by atoms with Crippen molar-refractivity contribution < 1.29 is 0 Å². The lowest BCUT2D eigenvalue weighted by molar-refractivity contribution is 0.383. The Morgan fingerprint density at radius 3 is 2.52 bits per heavy atom. The summed E-state index contributed by atoms with van der Waals surface area (Å²) in [6.45, 7) is 7.69. The second kappa shape index (κ2) is 7.53. The van der Waals surface area contributed by atoms with Crippen LogP contribution in [0.4, 0.5) is 0 Å². The van der Waals surface area contributed by atoms with Crippen LogP contribution in [-0.2, 0) is 6.54 Å². The van der Waals surface area contributed by atoms with Crippen molar-refractivity contribution in [3.63, 3.8) is 0 Å². The zero-order chi connectivity index (χ0) is 21.7. The van der Waals surface area contributed by atoms with E-state index in [1.54, 1.807) is 4.68 Å². The predicted octanol–water partition coefficient (Wildman–Crippen LogP) is 3.16. The van der Waals surface area contributed by atoms with Crippen molar-refractivity contribution in [2.24, 2.45) is 0 Å². The number of hydrogen-bond donors (Lipinski definition) is 0. The molecule has 0 spiro atoms. The zero-order valence-corrected chi connectivity index (χ0v) is 18.7. The van der Waals surface area contributed by atoms with Crippen LogP contribution in [0.1, 0.15) is 47.2 Å². The predicted molar refractivity (Wildman–Crippen MR) is 120 cm³/mol. The van der Waals surface area contributed by atoms with Crippen molar-refractivity contribution in [2.45, 2.75) is 45.6 Å². The Balaban J connectivity index is 1.49. The molecule has 3 aromatic heterocycles. The fraction of sp³-hybridized carbons (Fsp3) is 0.435. The Bertz CT molecular complexity index is 1250. The van der Waals surface area contributed by atoms with Crippen LogP contribution in [0.25, 0.3) is 16.9 Å². The maximum Gasteiger partial charge on any atom is 0.159 e. The van der Waals surface area contributed by atoms with Crippen LogP contribution in [0.15, 0.2) is 30.3 Å². The Morgan fingerprint density at radius 1 is 0.968 bits per heavy atom. The molecule has 8 heteroatoms. The summed E-state index contributed by atoms with van der Waals surface area (Å²) in [7, 11) is 4.22. The van der Waals surface area contributed by atoms with Crippen molar-refractivity contribution in [2.75, 3.05) is 20.6 Å². The Morgan fingerprint density at radius 2 is 1.77 bits per heavy atom. The summed E-state index contributed by atoms with van der Waals surface area (Å²) in [4.78, 5) is 21.0. The number of imidazole rings is 1. The molecule has 1 aromatic carbocycles. The average molecular weight is 417 g/mol. The van der Waals surface area contributed by atoms with Gasteiger partial charge in [-0.3, -0.25) is 0 Å². The molecular formula is C23H28N8. The summed E-state index contributed by atoms with van der Waals surface area (Å²) < 4.78 is 4.19. The first kappa shape index (κ1) is 19.8. The number of para-hydroxylation sites is 2. The molecule has 0 saturated heterocycles. The number of nitrogens with zero attached hydrogens (tertiary/aromatic N) is 8. The number of hydrogen-bond acceptors (Lipinski definition) is 6. The van der Waals surface area contributed by atoms with Crippen LogP contribution < -0.4 is 0 Å². The van der Waals surface area contributed by atoms with Gasteiger partial charge in [0.2, 0.25) is 0 Å². The van der Waals surface area contributed by atoms with Crippen molar-refractivity contribution in [1.29, 1.82) is 0 Å². The molecule has 1 fully saturated rings. The largest absolute Gasteiger partial charge is 0.326 e. The fourth-order valence-corrected chi connectivity index (χ4v) is 4.33. The maximum atomic E-state index is 5.02. The molecule has 31 heavy (non-hydrogen) atoms. The summed E-state index contributed by atoms with van der Waals surface area (Å²) in [5, 5.41) is 4.50. The smallest absolute Gasteiger partial charge is 0.159 e. The van der Waals surface area contributed by atoms with Crippen LogP contribution in [0.2, 0.25) is 0 Å². The first-order valence-corrected chi connectivity index (χ1v) is 10.8. The van der Waals surface area contributed by atoms with Crippen LogP contribution in [0, 0.1) is 20.8 Å². The summed E-state index contributed by atoms with van der Waals surface area (Å²) in [6.07, 6.45) is 1.05. The molecule has 1 aliphatic carbocycles. The molecule has 3 heterocycles. The number of rotatable bonds is 6. The van der Waals surface area contributed by atoms with Gasteiger partial charge >= 0.3 is 0 Å². The van der Waals surface area contributed by atoms with Gasteiger partial charge in [-0.2, -0.15) is 4.68 Å². The standard InChI is InChI=1S/C23H28N8/c1-14-25-20(13-22(26-14)31-16(3)24-15(2)28-31)17-12-18(17)23-27-19-8-6-7-9-21(19)30(23)11-10-29(4)5/h6-9,13,17-18H,10-12H2,1-5H3/t17-,18-/m1/s1. The van der Waals surface area contributed by atoms with Crippen LogP contribution in [0.5, 0.6) is 0 Å². The summed E-state index contributed by atoms with van der Waals surface area (Å²) >= 11 is 0. The highest BCUT2D eigenvalue weighted by molar-refractivity contribution is 5.76. The molecular weight excluding hydrogens is 388 g/mol. The van der Waals surface area contributed by atoms with Gasteiger partial charge in [0.25, 0.3) is 0 Å². The number of aryl methyl sites for hydroxylation is 3. The third-order valence-corrected chi connectivity index (χ3v) is 5.89. The van der Waals surface area contributed by atoms with Crippen molar-refractivity contribution in [3.8, 4) is 5.82 Å². The average Bonchev–Trinajstić information content (AvgIpc) is 3.33. The summed E-state index contributed by atoms with van der Waals surface area (Å²) in [5.41, 5.74) is 3.33. The molecule has 1 aliphatic rings. The van der Waals surface area contributed by atoms with Gasteiger partial charge in [-0.15, -0.1) is 5.10 Å². The molecule has 0 amide bonds. The van der Waals surface area contributed by atoms with Crippen molar-refractivity contribution in [3.05, 3.63) is 59.3 Å². The van der Waals surface area contributed by atoms with E-state index < -0.39 is 0 Å². The monoisotopic (exact) mass is 416 g/mol. The summed E-state index contributed by atoms with van der Waals surface area (Å²) in [6, 6.07) is 10.5. The first-order chi connectivity index (χ1) is 14.9. The quantitative estimate of drug-likeness (QED) is 0.480. The second-order valence-electron chi connectivity index (χ2n) is 8.68. The fourth-order valence-electron chi connectivity index (χ4n) is 4.33. The topological polar surface area (TPSA) is 77.5 Å². The molecule has 8 nitrogen and oxygen atoms in total. The molecule has 5 rings (SSSR count). The van der Waals surface area contributed by atoms with Gasteiger partial charge in [0, 0.05) is 31.0 Å². The van der Waals surface area contributed by atoms with Gasteiger partial charge < -0.3 is 9.47 Å². The van der Waals surface area contributed by atoms with Gasteiger partial charge in [0.1, 0.15) is 23.3 Å². The lowest BCUT2D eigenvalue weighted by Crippen LogP contribution is -2.19. The minimum Gasteiger partial charge on any atom is -0.326 e. The maximum absolute atomic E-state index is 5.02. The van der Waals surface area contributed by atoms with Gasteiger partial charge in [-0.1, -0.05) is 12.1 Å². The van der Waals surface area contributed by atoms with Gasteiger partial charge in [0.15, 0.2) is 5.82 Å². The van der Waals surface area contributed by atoms with Gasteiger partial charge in [-0.05, 0) is 53.4 Å². The minimum absolute atomic E-state index is 0.347. The van der Waals surface area contributed by atoms with E-state index in [4.69, 9.17) is 9.97 Å². The molecule has 0 aliphatic heterocycles. The van der Waals surface area contributed by atoms with E-state index in [2.05, 4.69) is 69.0 Å². The van der Waals surface area contributed by atoms with E-state index in [1.165, 1.54) is 11.3 Å². The number of aromatic nitrogens is 7. The number of fused-ring (bicyclic) bond motifs is 1. The Labute approximate surface area is 182 Å². The molecule has 1 saturated carbocycles. The van der Waals surface area contributed by atoms with Crippen LogP contribution in [0.3, 0.4) is 0 Å². The normalized spacial score (nSPS) is 18.3. The van der Waals surface area contributed by atoms with E-state index >= 15 is 0 Å². The van der Waals surface area contributed by atoms with E-state index in [9.17, 15) is 0 Å². The molecule has 0 bridgehead atoms. The SMILES string of the molecule is Cc1nc([C@@H]2C[C@H]2c2nc3ccccc3n2CCN(C)C)cc(-n2nc(C)nc2C)n1. The van der Waals surface area contributed by atoms with Crippen molar-refractivity contribution >= 4 is 11.0 Å². The van der Waals surface area contributed by atoms with Gasteiger partial charge in [0.05, 0.1) is 16.7 Å². The van der Waals surface area contributed by atoms with Gasteiger partial charge in [-0.25, -0.2) is 19.9 Å².